The first kappa shape index (κ1) is 12.8. The van der Waals surface area contributed by atoms with Crippen molar-refractivity contribution in [3.63, 3.8) is 0 Å². The van der Waals surface area contributed by atoms with Crippen LogP contribution in [-0.2, 0) is 4.74 Å². The molecule has 1 fully saturated rings. The SMILES string of the molecule is CNC(=O)c1ccc(N(C)C2CCCOC2)nc1. The summed E-state index contributed by atoms with van der Waals surface area (Å²) in [6.07, 6.45) is 3.81. The van der Waals surface area contributed by atoms with Crippen molar-refractivity contribution < 1.29 is 9.53 Å². The van der Waals surface area contributed by atoms with Gasteiger partial charge in [-0.15, -0.1) is 0 Å². The number of amides is 1. The lowest BCUT2D eigenvalue weighted by molar-refractivity contribution is 0.0805. The van der Waals surface area contributed by atoms with Crippen LogP contribution in [0.3, 0.4) is 0 Å². The molecule has 1 aliphatic rings. The zero-order valence-corrected chi connectivity index (χ0v) is 10.8. The van der Waals surface area contributed by atoms with Crippen LogP contribution in [0.5, 0.6) is 0 Å². The minimum Gasteiger partial charge on any atom is -0.379 e. The van der Waals surface area contributed by atoms with E-state index in [0.717, 1.165) is 31.9 Å². The van der Waals surface area contributed by atoms with E-state index in [1.54, 1.807) is 19.3 Å². The monoisotopic (exact) mass is 249 g/mol. The molecule has 1 aliphatic heterocycles. The number of nitrogens with zero attached hydrogens (tertiary/aromatic N) is 2. The molecule has 0 aliphatic carbocycles. The maximum atomic E-state index is 11.4. The van der Waals surface area contributed by atoms with Crippen LogP contribution in [-0.4, -0.2) is 44.2 Å². The molecule has 18 heavy (non-hydrogen) atoms. The van der Waals surface area contributed by atoms with Gasteiger partial charge in [0.25, 0.3) is 5.91 Å². The summed E-state index contributed by atoms with van der Waals surface area (Å²) in [4.78, 5) is 17.9. The molecule has 2 rings (SSSR count). The number of carbonyl (C=O) groups is 1. The Morgan fingerprint density at radius 3 is 2.94 bits per heavy atom. The van der Waals surface area contributed by atoms with Gasteiger partial charge in [0.1, 0.15) is 5.82 Å². The van der Waals surface area contributed by atoms with Crippen LogP contribution in [0.2, 0.25) is 0 Å². The number of pyridine rings is 1. The molecule has 1 aromatic rings. The largest absolute Gasteiger partial charge is 0.379 e. The van der Waals surface area contributed by atoms with E-state index in [9.17, 15) is 4.79 Å². The second kappa shape index (κ2) is 5.82. The Labute approximate surface area is 107 Å². The Bertz CT molecular complexity index is 399. The van der Waals surface area contributed by atoms with Crippen LogP contribution in [0.15, 0.2) is 18.3 Å². The molecule has 1 aromatic heterocycles. The fourth-order valence-corrected chi connectivity index (χ4v) is 2.09. The highest BCUT2D eigenvalue weighted by Crippen LogP contribution is 2.18. The number of carbonyl (C=O) groups excluding carboxylic acids is 1. The number of hydrogen-bond donors (Lipinski definition) is 1. The fraction of sp³-hybridized carbons (Fsp3) is 0.538. The Kier molecular flexibility index (Phi) is 4.15. The average molecular weight is 249 g/mol. The molecule has 0 spiro atoms. The molecule has 5 heteroatoms. The molecule has 98 valence electrons. The first-order valence-electron chi connectivity index (χ1n) is 6.21. The van der Waals surface area contributed by atoms with E-state index in [1.807, 2.05) is 13.1 Å². The summed E-state index contributed by atoms with van der Waals surface area (Å²) in [5.41, 5.74) is 0.578. The third-order valence-corrected chi connectivity index (χ3v) is 3.28. The highest BCUT2D eigenvalue weighted by Gasteiger charge is 2.19. The van der Waals surface area contributed by atoms with Crippen molar-refractivity contribution in [1.82, 2.24) is 10.3 Å². The lowest BCUT2D eigenvalue weighted by Crippen LogP contribution is -2.39. The van der Waals surface area contributed by atoms with Gasteiger partial charge in [-0.25, -0.2) is 4.98 Å². The summed E-state index contributed by atoms with van der Waals surface area (Å²) in [6.45, 7) is 1.60. The minimum absolute atomic E-state index is 0.113. The van der Waals surface area contributed by atoms with Crippen LogP contribution in [0.25, 0.3) is 0 Å². The van der Waals surface area contributed by atoms with Crippen molar-refractivity contribution in [2.24, 2.45) is 0 Å². The standard InChI is InChI=1S/C13H19N3O2/c1-14-13(17)10-5-6-12(15-8-10)16(2)11-4-3-7-18-9-11/h5-6,8,11H,3-4,7,9H2,1-2H3,(H,14,17). The van der Waals surface area contributed by atoms with Crippen molar-refractivity contribution in [1.29, 1.82) is 0 Å². The molecule has 1 amide bonds. The highest BCUT2D eigenvalue weighted by atomic mass is 16.5. The summed E-state index contributed by atoms with van der Waals surface area (Å²) in [6, 6.07) is 4.04. The maximum Gasteiger partial charge on any atom is 0.252 e. The number of anilines is 1. The number of rotatable bonds is 3. The lowest BCUT2D eigenvalue weighted by Gasteiger charge is -2.31. The van der Waals surface area contributed by atoms with Crippen LogP contribution in [0, 0.1) is 0 Å². The smallest absolute Gasteiger partial charge is 0.252 e. The molecule has 1 unspecified atom stereocenters. The van der Waals surface area contributed by atoms with Crippen LogP contribution >= 0.6 is 0 Å². The number of ether oxygens (including phenoxy) is 1. The summed E-state index contributed by atoms with van der Waals surface area (Å²) >= 11 is 0. The molecule has 1 N–H and O–H groups in total. The Balaban J connectivity index is 2.06. The zero-order chi connectivity index (χ0) is 13.0. The van der Waals surface area contributed by atoms with Crippen molar-refractivity contribution in [2.45, 2.75) is 18.9 Å². The molecule has 1 saturated heterocycles. The number of nitrogens with one attached hydrogen (secondary N) is 1. The van der Waals surface area contributed by atoms with Gasteiger partial charge < -0.3 is 15.0 Å². The fourth-order valence-electron chi connectivity index (χ4n) is 2.09. The van der Waals surface area contributed by atoms with E-state index in [2.05, 4.69) is 15.2 Å². The molecule has 0 saturated carbocycles. The Morgan fingerprint density at radius 1 is 1.56 bits per heavy atom. The molecule has 2 heterocycles. The molecule has 0 bridgehead atoms. The first-order valence-corrected chi connectivity index (χ1v) is 6.21. The van der Waals surface area contributed by atoms with E-state index < -0.39 is 0 Å². The second-order valence-corrected chi connectivity index (χ2v) is 4.47. The molecule has 5 nitrogen and oxygen atoms in total. The van der Waals surface area contributed by atoms with E-state index >= 15 is 0 Å². The zero-order valence-electron chi connectivity index (χ0n) is 10.8. The van der Waals surface area contributed by atoms with Gasteiger partial charge in [-0.05, 0) is 25.0 Å². The maximum absolute atomic E-state index is 11.4. The molecule has 1 atom stereocenters. The van der Waals surface area contributed by atoms with Gasteiger partial charge in [-0.1, -0.05) is 0 Å². The predicted molar refractivity (Wildman–Crippen MR) is 69.9 cm³/mol. The Hall–Kier alpha value is -1.62. The third kappa shape index (κ3) is 2.79. The minimum atomic E-state index is -0.113. The van der Waals surface area contributed by atoms with Gasteiger partial charge in [0, 0.05) is 26.9 Å². The third-order valence-electron chi connectivity index (χ3n) is 3.28. The Morgan fingerprint density at radius 2 is 2.39 bits per heavy atom. The van der Waals surface area contributed by atoms with Gasteiger partial charge in [-0.2, -0.15) is 0 Å². The molecule has 0 radical (unpaired) electrons. The van der Waals surface area contributed by atoms with E-state index in [4.69, 9.17) is 4.74 Å². The van der Waals surface area contributed by atoms with Crippen molar-refractivity contribution >= 4 is 11.7 Å². The predicted octanol–water partition coefficient (Wildman–Crippen LogP) is 1.06. The van der Waals surface area contributed by atoms with Gasteiger partial charge >= 0.3 is 0 Å². The van der Waals surface area contributed by atoms with Gasteiger partial charge in [0.05, 0.1) is 18.2 Å². The lowest BCUT2D eigenvalue weighted by atomic mass is 10.1. The van der Waals surface area contributed by atoms with Crippen molar-refractivity contribution in [3.8, 4) is 0 Å². The second-order valence-electron chi connectivity index (χ2n) is 4.47. The van der Waals surface area contributed by atoms with Crippen LogP contribution < -0.4 is 10.2 Å². The number of hydrogen-bond acceptors (Lipinski definition) is 4. The normalized spacial score (nSPS) is 19.3. The van der Waals surface area contributed by atoms with Gasteiger partial charge in [-0.3, -0.25) is 4.79 Å². The molecular formula is C13H19N3O2. The highest BCUT2D eigenvalue weighted by molar-refractivity contribution is 5.93. The summed E-state index contributed by atoms with van der Waals surface area (Å²) in [5, 5.41) is 2.58. The van der Waals surface area contributed by atoms with Crippen molar-refractivity contribution in [3.05, 3.63) is 23.9 Å². The topological polar surface area (TPSA) is 54.5 Å². The number of likely N-dealkylation sites (N-methyl/N-ethyl adjacent to an activating group) is 1. The summed E-state index contributed by atoms with van der Waals surface area (Å²) < 4.78 is 5.47. The van der Waals surface area contributed by atoms with Gasteiger partial charge in [0.15, 0.2) is 0 Å². The van der Waals surface area contributed by atoms with Crippen molar-refractivity contribution in [2.75, 3.05) is 32.2 Å². The molecule has 0 aromatic carbocycles. The van der Waals surface area contributed by atoms with Crippen LogP contribution in [0.1, 0.15) is 23.2 Å². The van der Waals surface area contributed by atoms with Gasteiger partial charge in [0.2, 0.25) is 0 Å². The molecular weight excluding hydrogens is 230 g/mol. The summed E-state index contributed by atoms with van der Waals surface area (Å²) in [7, 11) is 3.63. The number of aromatic nitrogens is 1. The van der Waals surface area contributed by atoms with Crippen LogP contribution in [0.4, 0.5) is 5.82 Å². The summed E-state index contributed by atoms with van der Waals surface area (Å²) in [5.74, 6) is 0.760. The first-order chi connectivity index (χ1) is 8.72. The van der Waals surface area contributed by atoms with E-state index in [-0.39, 0.29) is 5.91 Å². The average Bonchev–Trinajstić information content (AvgIpc) is 2.47. The van der Waals surface area contributed by atoms with E-state index in [0.29, 0.717) is 11.6 Å². The van der Waals surface area contributed by atoms with E-state index in [1.165, 1.54) is 0 Å². The quantitative estimate of drug-likeness (QED) is 0.870.